The monoisotopic (exact) mass is 890 g/mol. The summed E-state index contributed by atoms with van der Waals surface area (Å²) in [7, 11) is 0. The standard InChI is InChI=1S/C61H48O3P2/c62-61(63-65(51-33-13-3-14-34-51,52-35-15-4-16-36-52,53-37-17-5-18-38-53)59-47-27-25-45-57(59)49-29-9-1-10-30-49)64-66(54-39-19-6-20-40-54,55-41-21-7-22-42-55,56-43-23-8-24-44-56)60-48-28-26-46-58(60)50-31-11-2-12-32-50/h1-48H. The number of hydrogen-bond donors (Lipinski definition) is 0. The zero-order chi connectivity index (χ0) is 44.8. The minimum atomic E-state index is -4.77. The van der Waals surface area contributed by atoms with E-state index in [4.69, 9.17) is 9.05 Å². The van der Waals surface area contributed by atoms with E-state index in [1.54, 1.807) is 0 Å². The molecule has 0 bridgehead atoms. The zero-order valence-electron chi connectivity index (χ0n) is 36.3. The Bertz CT molecular complexity index is 2790. The Kier molecular flexibility index (Phi) is 11.4. The molecular formula is C61H48O3P2. The SMILES string of the molecule is O=C(OP(c1ccccc1)(c1ccccc1)(c1ccccc1)c1ccccc1-c1ccccc1)OP(c1ccccc1)(c1ccccc1)(c1ccccc1)c1ccccc1-c1ccccc1. The van der Waals surface area contributed by atoms with Crippen molar-refractivity contribution in [2.75, 3.05) is 0 Å². The molecule has 0 heterocycles. The molecule has 66 heavy (non-hydrogen) atoms. The van der Waals surface area contributed by atoms with Crippen LogP contribution in [0.1, 0.15) is 0 Å². The molecule has 0 N–H and O–H groups in total. The van der Waals surface area contributed by atoms with Crippen LogP contribution in [-0.2, 0) is 9.05 Å². The van der Waals surface area contributed by atoms with Crippen molar-refractivity contribution in [3.63, 3.8) is 0 Å². The van der Waals surface area contributed by atoms with Gasteiger partial charge in [-0.25, -0.2) is 0 Å². The number of carbonyl (C=O) groups excluding carboxylic acids is 1. The van der Waals surface area contributed by atoms with Gasteiger partial charge in [-0.15, -0.1) is 0 Å². The number of hydrogen-bond acceptors (Lipinski definition) is 3. The normalized spacial score (nSPS) is 12.7. The molecule has 0 saturated heterocycles. The van der Waals surface area contributed by atoms with Gasteiger partial charge in [0.1, 0.15) is 0 Å². The Labute approximate surface area is 387 Å². The van der Waals surface area contributed by atoms with E-state index < -0.39 is 19.8 Å². The number of benzene rings is 10. The van der Waals surface area contributed by atoms with E-state index in [1.807, 2.05) is 121 Å². The van der Waals surface area contributed by atoms with Crippen LogP contribution < -0.4 is 42.4 Å². The summed E-state index contributed by atoms with van der Waals surface area (Å²) in [6.45, 7) is -9.54. The van der Waals surface area contributed by atoms with Gasteiger partial charge in [0.05, 0.1) is 0 Å². The summed E-state index contributed by atoms with van der Waals surface area (Å²) in [5.41, 5.74) is 3.88. The molecule has 0 radical (unpaired) electrons. The molecule has 0 amide bonds. The van der Waals surface area contributed by atoms with Gasteiger partial charge in [0.25, 0.3) is 0 Å². The summed E-state index contributed by atoms with van der Waals surface area (Å²) < 4.78 is 16.1. The van der Waals surface area contributed by atoms with Gasteiger partial charge < -0.3 is 0 Å². The Morgan fingerprint density at radius 1 is 0.242 bits per heavy atom. The van der Waals surface area contributed by atoms with Crippen LogP contribution in [0.25, 0.3) is 22.3 Å². The van der Waals surface area contributed by atoms with Crippen molar-refractivity contribution in [2.24, 2.45) is 0 Å². The van der Waals surface area contributed by atoms with E-state index in [0.717, 1.165) is 64.7 Å². The Morgan fingerprint density at radius 2 is 0.439 bits per heavy atom. The first-order valence-electron chi connectivity index (χ1n) is 22.2. The fraction of sp³-hybridized carbons (Fsp3) is 0. The van der Waals surface area contributed by atoms with Gasteiger partial charge in [0.2, 0.25) is 0 Å². The predicted molar refractivity (Wildman–Crippen MR) is 281 cm³/mol. The van der Waals surface area contributed by atoms with Crippen molar-refractivity contribution in [2.45, 2.75) is 0 Å². The third kappa shape index (κ3) is 6.54. The summed E-state index contributed by atoms with van der Waals surface area (Å²) in [6, 6.07) is 99.5. The molecule has 0 aromatic heterocycles. The average molecular weight is 891 g/mol. The third-order valence-electron chi connectivity index (χ3n) is 12.9. The van der Waals surface area contributed by atoms with E-state index in [0.29, 0.717) is 0 Å². The molecule has 0 unspecified atom stereocenters. The first-order valence-corrected chi connectivity index (χ1v) is 26.5. The van der Waals surface area contributed by atoms with Crippen molar-refractivity contribution in [1.82, 2.24) is 0 Å². The van der Waals surface area contributed by atoms with Crippen LogP contribution in [0.3, 0.4) is 0 Å². The van der Waals surface area contributed by atoms with Gasteiger partial charge in [-0.1, -0.05) is 0 Å². The molecule has 0 spiro atoms. The molecule has 5 heteroatoms. The van der Waals surface area contributed by atoms with Crippen LogP contribution >= 0.6 is 13.7 Å². The molecule has 0 aliphatic heterocycles. The topological polar surface area (TPSA) is 35.5 Å². The van der Waals surface area contributed by atoms with E-state index in [-0.39, 0.29) is 0 Å². The second-order valence-corrected chi connectivity index (χ2v) is 24.9. The van der Waals surface area contributed by atoms with Crippen LogP contribution in [0.15, 0.2) is 291 Å². The fourth-order valence-electron chi connectivity index (χ4n) is 10.1. The average Bonchev–Trinajstić information content (AvgIpc) is 3.42. The van der Waals surface area contributed by atoms with Gasteiger partial charge in [0, 0.05) is 0 Å². The molecule has 10 aromatic carbocycles. The van der Waals surface area contributed by atoms with Crippen molar-refractivity contribution in [3.05, 3.63) is 291 Å². The Balaban J connectivity index is 1.39. The second kappa shape index (κ2) is 17.7. The zero-order valence-corrected chi connectivity index (χ0v) is 38.1. The Hall–Kier alpha value is -7.67. The molecule has 0 atom stereocenters. The minimum absolute atomic E-state index is 0.802. The molecule has 320 valence electrons. The summed E-state index contributed by atoms with van der Waals surface area (Å²) >= 11 is 0. The predicted octanol–water partition coefficient (Wildman–Crippen LogP) is 12.0. The maximum atomic E-state index is 17.0. The van der Waals surface area contributed by atoms with Gasteiger partial charge in [0.15, 0.2) is 0 Å². The van der Waals surface area contributed by atoms with Gasteiger partial charge >= 0.3 is 390 Å². The summed E-state index contributed by atoms with van der Waals surface area (Å²) in [4.78, 5) is 17.0. The quantitative estimate of drug-likeness (QED) is 0.115. The van der Waals surface area contributed by atoms with Gasteiger partial charge in [-0.3, -0.25) is 0 Å². The van der Waals surface area contributed by atoms with Crippen LogP contribution in [0.2, 0.25) is 0 Å². The van der Waals surface area contributed by atoms with Crippen LogP contribution in [0.5, 0.6) is 0 Å². The molecule has 10 rings (SSSR count). The molecule has 3 nitrogen and oxygen atoms in total. The van der Waals surface area contributed by atoms with Crippen molar-refractivity contribution < 1.29 is 13.8 Å². The second-order valence-electron chi connectivity index (χ2n) is 16.3. The fourth-order valence-corrected chi connectivity index (χ4v) is 21.7. The summed E-state index contributed by atoms with van der Waals surface area (Å²) in [5.74, 6) is 0. The maximum absolute atomic E-state index is 17.0. The van der Waals surface area contributed by atoms with Crippen molar-refractivity contribution in [3.8, 4) is 22.3 Å². The molecule has 10 aromatic rings. The number of carbonyl (C=O) groups is 1. The van der Waals surface area contributed by atoms with E-state index in [2.05, 4.69) is 170 Å². The van der Waals surface area contributed by atoms with Crippen molar-refractivity contribution >= 4 is 62.3 Å². The molecule has 0 aliphatic carbocycles. The number of rotatable bonds is 12. The molecular weight excluding hydrogens is 843 g/mol. The van der Waals surface area contributed by atoms with E-state index in [9.17, 15) is 0 Å². The molecule has 0 fully saturated rings. The van der Waals surface area contributed by atoms with Crippen LogP contribution in [0.4, 0.5) is 4.79 Å². The summed E-state index contributed by atoms with van der Waals surface area (Å²) in [5, 5.41) is 6.86. The van der Waals surface area contributed by atoms with Gasteiger partial charge in [-0.2, -0.15) is 0 Å². The molecule has 0 saturated carbocycles. The van der Waals surface area contributed by atoms with Crippen LogP contribution in [0, 0.1) is 0 Å². The molecule has 0 aliphatic rings. The van der Waals surface area contributed by atoms with Crippen LogP contribution in [-0.4, -0.2) is 6.16 Å². The third-order valence-corrected chi connectivity index (χ3v) is 24.3. The van der Waals surface area contributed by atoms with Crippen molar-refractivity contribution in [1.29, 1.82) is 0 Å². The van der Waals surface area contributed by atoms with E-state index in [1.165, 1.54) is 0 Å². The Morgan fingerprint density at radius 3 is 0.682 bits per heavy atom. The summed E-state index contributed by atoms with van der Waals surface area (Å²) in [6.07, 6.45) is -0.802. The van der Waals surface area contributed by atoms with E-state index >= 15 is 4.79 Å². The first-order chi connectivity index (χ1) is 32.6. The van der Waals surface area contributed by atoms with Gasteiger partial charge in [-0.05, 0) is 0 Å². The first kappa shape index (κ1) is 42.3.